The lowest BCUT2D eigenvalue weighted by atomic mass is 10.1. The molecule has 0 bridgehead atoms. The van der Waals surface area contributed by atoms with Crippen molar-refractivity contribution < 1.29 is 19.1 Å². The number of ether oxygens (including phenoxy) is 1. The Labute approximate surface area is 174 Å². The molecule has 160 valence electrons. The van der Waals surface area contributed by atoms with E-state index in [9.17, 15) is 14.4 Å². The molecule has 0 aromatic carbocycles. The first kappa shape index (κ1) is 22.8. The fourth-order valence-electron chi connectivity index (χ4n) is 2.70. The molecule has 0 spiro atoms. The zero-order valence-corrected chi connectivity index (χ0v) is 16.8. The van der Waals surface area contributed by atoms with Crippen molar-refractivity contribution in [1.82, 2.24) is 20.6 Å². The average Bonchev–Trinajstić information content (AvgIpc) is 2.78. The molecule has 0 aliphatic carbocycles. The number of hydrogen-bond acceptors (Lipinski definition) is 8. The molecule has 30 heavy (non-hydrogen) atoms. The Bertz CT molecular complexity index is 829. The predicted octanol–water partition coefficient (Wildman–Crippen LogP) is 0.563. The number of nitrogen functional groups attached to an aromatic ring is 1. The number of carbonyl (C=O) groups excluding carboxylic acids is 3. The van der Waals surface area contributed by atoms with Gasteiger partial charge < -0.3 is 20.8 Å². The smallest absolute Gasteiger partial charge is 0.328 e. The molecule has 2 heterocycles. The third-order valence-electron chi connectivity index (χ3n) is 4.29. The minimum atomic E-state index is -0.791. The molecule has 2 aromatic heterocycles. The van der Waals surface area contributed by atoms with E-state index in [0.29, 0.717) is 37.2 Å². The minimum Gasteiger partial charge on any atom is -0.467 e. The van der Waals surface area contributed by atoms with Crippen LogP contribution in [0.4, 0.5) is 5.82 Å². The quantitative estimate of drug-likeness (QED) is 0.180. The van der Waals surface area contributed by atoms with E-state index in [-0.39, 0.29) is 12.3 Å². The number of aromatic nitrogens is 2. The number of unbranched alkanes of at least 4 members (excludes halogenated alkanes) is 1. The van der Waals surface area contributed by atoms with E-state index in [1.165, 1.54) is 13.3 Å². The van der Waals surface area contributed by atoms with Crippen LogP contribution in [-0.4, -0.2) is 47.4 Å². The number of methoxy groups -OCH3 is 1. The van der Waals surface area contributed by atoms with Crippen LogP contribution in [-0.2, 0) is 20.7 Å². The van der Waals surface area contributed by atoms with Gasteiger partial charge in [-0.1, -0.05) is 6.07 Å². The van der Waals surface area contributed by atoms with Crippen LogP contribution >= 0.6 is 0 Å². The Balaban J connectivity index is 1.75. The summed E-state index contributed by atoms with van der Waals surface area (Å²) in [5.74, 6) is 4.60. The molecule has 2 rings (SSSR count). The Morgan fingerprint density at radius 1 is 1.17 bits per heavy atom. The number of esters is 1. The maximum atomic E-state index is 12.4. The van der Waals surface area contributed by atoms with Crippen LogP contribution in [0, 0.1) is 0 Å². The number of pyridine rings is 2. The summed E-state index contributed by atoms with van der Waals surface area (Å²) in [6, 6.07) is 5.93. The molecule has 10 nitrogen and oxygen atoms in total. The molecule has 0 radical (unpaired) electrons. The van der Waals surface area contributed by atoms with Crippen molar-refractivity contribution in [2.75, 3.05) is 19.1 Å². The largest absolute Gasteiger partial charge is 0.467 e. The van der Waals surface area contributed by atoms with Crippen molar-refractivity contribution in [2.45, 2.75) is 31.7 Å². The van der Waals surface area contributed by atoms with E-state index >= 15 is 0 Å². The van der Waals surface area contributed by atoms with E-state index in [1.807, 2.05) is 6.07 Å². The SMILES string of the molecule is COC(=O)C(CCCCNC(=O)Cc1cccnc1)NC(=O)c1ccc(NN)nc1. The van der Waals surface area contributed by atoms with E-state index in [4.69, 9.17) is 10.6 Å². The molecule has 10 heteroatoms. The molecule has 0 saturated heterocycles. The molecule has 2 amide bonds. The van der Waals surface area contributed by atoms with Gasteiger partial charge in [-0.25, -0.2) is 15.6 Å². The topological polar surface area (TPSA) is 148 Å². The summed E-state index contributed by atoms with van der Waals surface area (Å²) in [7, 11) is 1.27. The number of nitrogens with zero attached hydrogens (tertiary/aromatic N) is 2. The van der Waals surface area contributed by atoms with Gasteiger partial charge in [0.05, 0.1) is 19.1 Å². The van der Waals surface area contributed by atoms with Crippen molar-refractivity contribution in [3.05, 3.63) is 54.0 Å². The van der Waals surface area contributed by atoms with Gasteiger partial charge in [0.2, 0.25) is 5.91 Å². The number of hydrazine groups is 1. The molecule has 1 unspecified atom stereocenters. The molecule has 0 fully saturated rings. The molecule has 0 aliphatic heterocycles. The summed E-state index contributed by atoms with van der Waals surface area (Å²) in [5, 5.41) is 5.49. The minimum absolute atomic E-state index is 0.0938. The Hall–Kier alpha value is -3.53. The molecular weight excluding hydrogens is 388 g/mol. The molecule has 1 atom stereocenters. The summed E-state index contributed by atoms with van der Waals surface area (Å²) in [6.07, 6.45) is 6.58. The fourth-order valence-corrected chi connectivity index (χ4v) is 2.70. The second kappa shape index (κ2) is 12.1. The normalized spacial score (nSPS) is 11.3. The van der Waals surface area contributed by atoms with E-state index in [1.54, 1.807) is 30.6 Å². The highest BCUT2D eigenvalue weighted by Gasteiger charge is 2.22. The summed E-state index contributed by atoms with van der Waals surface area (Å²) < 4.78 is 4.78. The first-order chi connectivity index (χ1) is 14.5. The maximum absolute atomic E-state index is 12.4. The molecular formula is C20H26N6O4. The van der Waals surface area contributed by atoms with Gasteiger partial charge in [-0.3, -0.25) is 14.6 Å². The summed E-state index contributed by atoms with van der Waals surface area (Å²) in [6.45, 7) is 0.471. The third kappa shape index (κ3) is 7.47. The van der Waals surface area contributed by atoms with E-state index in [0.717, 1.165) is 5.56 Å². The zero-order valence-electron chi connectivity index (χ0n) is 16.8. The van der Waals surface area contributed by atoms with Crippen molar-refractivity contribution in [3.63, 3.8) is 0 Å². The Morgan fingerprint density at radius 2 is 2.00 bits per heavy atom. The lowest BCUT2D eigenvalue weighted by Gasteiger charge is -2.16. The van der Waals surface area contributed by atoms with Crippen LogP contribution in [0.3, 0.4) is 0 Å². The first-order valence-electron chi connectivity index (χ1n) is 9.50. The fraction of sp³-hybridized carbons (Fsp3) is 0.350. The van der Waals surface area contributed by atoms with Gasteiger partial charge >= 0.3 is 5.97 Å². The molecule has 0 aliphatic rings. The van der Waals surface area contributed by atoms with Crippen molar-refractivity contribution in [1.29, 1.82) is 0 Å². The molecule has 5 N–H and O–H groups in total. The van der Waals surface area contributed by atoms with Crippen LogP contribution in [0.15, 0.2) is 42.9 Å². The van der Waals surface area contributed by atoms with Crippen LogP contribution in [0.1, 0.15) is 35.2 Å². The highest BCUT2D eigenvalue weighted by Crippen LogP contribution is 2.07. The number of rotatable bonds is 11. The van der Waals surface area contributed by atoms with Crippen LogP contribution in [0.25, 0.3) is 0 Å². The number of hydrogen-bond donors (Lipinski definition) is 4. The van der Waals surface area contributed by atoms with Gasteiger partial charge in [0.25, 0.3) is 5.91 Å². The number of amides is 2. The van der Waals surface area contributed by atoms with Gasteiger partial charge in [0, 0.05) is 25.1 Å². The van der Waals surface area contributed by atoms with E-state index in [2.05, 4.69) is 26.0 Å². The third-order valence-corrected chi connectivity index (χ3v) is 4.29. The van der Waals surface area contributed by atoms with Gasteiger partial charge in [0.1, 0.15) is 11.9 Å². The van der Waals surface area contributed by atoms with Crippen LogP contribution in [0.5, 0.6) is 0 Å². The monoisotopic (exact) mass is 414 g/mol. The zero-order chi connectivity index (χ0) is 21.8. The Morgan fingerprint density at radius 3 is 2.63 bits per heavy atom. The summed E-state index contributed by atoms with van der Waals surface area (Å²) in [4.78, 5) is 44.2. The maximum Gasteiger partial charge on any atom is 0.328 e. The Kier molecular flexibility index (Phi) is 9.19. The number of carbonyl (C=O) groups is 3. The van der Waals surface area contributed by atoms with Gasteiger partial charge in [0.15, 0.2) is 0 Å². The summed E-state index contributed by atoms with van der Waals surface area (Å²) >= 11 is 0. The van der Waals surface area contributed by atoms with Gasteiger partial charge in [-0.2, -0.15) is 0 Å². The number of nitrogens with one attached hydrogen (secondary N) is 3. The second-order valence-corrected chi connectivity index (χ2v) is 6.51. The van der Waals surface area contributed by atoms with E-state index < -0.39 is 17.9 Å². The predicted molar refractivity (Wildman–Crippen MR) is 110 cm³/mol. The second-order valence-electron chi connectivity index (χ2n) is 6.51. The molecule has 0 saturated carbocycles. The standard InChI is InChI=1S/C20H26N6O4/c1-30-20(29)16(25-19(28)15-7-8-17(26-21)24-13-15)6-2-3-10-23-18(27)11-14-5-4-9-22-12-14/h4-5,7-9,12-13,16H,2-3,6,10-11,21H2,1H3,(H,23,27)(H,24,26)(H,25,28). The lowest BCUT2D eigenvalue weighted by Crippen LogP contribution is -2.41. The van der Waals surface area contributed by atoms with Crippen molar-refractivity contribution in [2.24, 2.45) is 5.84 Å². The highest BCUT2D eigenvalue weighted by molar-refractivity contribution is 5.96. The summed E-state index contributed by atoms with van der Waals surface area (Å²) in [5.41, 5.74) is 3.51. The first-order valence-corrected chi connectivity index (χ1v) is 9.50. The van der Waals surface area contributed by atoms with Crippen molar-refractivity contribution in [3.8, 4) is 0 Å². The van der Waals surface area contributed by atoms with Gasteiger partial charge in [-0.05, 0) is 43.0 Å². The lowest BCUT2D eigenvalue weighted by molar-refractivity contribution is -0.143. The average molecular weight is 414 g/mol. The van der Waals surface area contributed by atoms with Crippen molar-refractivity contribution >= 4 is 23.6 Å². The van der Waals surface area contributed by atoms with Crippen LogP contribution in [0.2, 0.25) is 0 Å². The van der Waals surface area contributed by atoms with Gasteiger partial charge in [-0.15, -0.1) is 0 Å². The molecule has 2 aromatic rings. The highest BCUT2D eigenvalue weighted by atomic mass is 16.5. The van der Waals surface area contributed by atoms with Crippen LogP contribution < -0.4 is 21.9 Å². The number of anilines is 1. The number of nitrogens with two attached hydrogens (primary N) is 1.